The molecule has 122 valence electrons. The molecule has 1 atom stereocenters. The molecule has 3 N–H and O–H groups in total. The van der Waals surface area contributed by atoms with Gasteiger partial charge < -0.3 is 5.32 Å². The molecule has 0 aliphatic heterocycles. The average Bonchev–Trinajstić information content (AvgIpc) is 2.70. The van der Waals surface area contributed by atoms with Gasteiger partial charge in [-0.15, -0.1) is 0 Å². The Bertz CT molecular complexity index is 558. The van der Waals surface area contributed by atoms with E-state index in [1.54, 1.807) is 0 Å². The summed E-state index contributed by atoms with van der Waals surface area (Å²) in [4.78, 5) is 0. The van der Waals surface area contributed by atoms with Gasteiger partial charge in [-0.25, -0.2) is 13.1 Å². The SMILES string of the molecule is CCCNCc1c(S(=O)(=O)NC(C)C(C)(C)C)n[nH]c1C. The van der Waals surface area contributed by atoms with Crippen LogP contribution in [0.4, 0.5) is 0 Å². The van der Waals surface area contributed by atoms with E-state index in [4.69, 9.17) is 0 Å². The number of nitrogens with zero attached hydrogens (tertiary/aromatic N) is 1. The van der Waals surface area contributed by atoms with Gasteiger partial charge in [-0.05, 0) is 32.2 Å². The Balaban J connectivity index is 2.98. The van der Waals surface area contributed by atoms with Crippen molar-refractivity contribution in [3.63, 3.8) is 0 Å². The number of H-pyrrole nitrogens is 1. The summed E-state index contributed by atoms with van der Waals surface area (Å²) in [5.74, 6) is 0. The molecule has 0 amide bonds. The van der Waals surface area contributed by atoms with Crippen LogP contribution >= 0.6 is 0 Å². The number of aromatic nitrogens is 2. The summed E-state index contributed by atoms with van der Waals surface area (Å²) in [5, 5.41) is 10.1. The largest absolute Gasteiger partial charge is 0.313 e. The standard InChI is InChI=1S/C14H28N4O2S/c1-7-8-15-9-12-10(2)16-17-13(12)21(19,20)18-11(3)14(4,5)6/h11,15,18H,7-9H2,1-6H3,(H,16,17). The van der Waals surface area contributed by atoms with E-state index in [2.05, 4.69) is 27.2 Å². The Hall–Kier alpha value is -0.920. The van der Waals surface area contributed by atoms with Gasteiger partial charge in [-0.3, -0.25) is 5.10 Å². The summed E-state index contributed by atoms with van der Waals surface area (Å²) in [6.07, 6.45) is 0.998. The highest BCUT2D eigenvalue weighted by molar-refractivity contribution is 7.89. The van der Waals surface area contributed by atoms with Crippen LogP contribution < -0.4 is 10.0 Å². The van der Waals surface area contributed by atoms with E-state index in [-0.39, 0.29) is 16.5 Å². The molecule has 1 unspecified atom stereocenters. The van der Waals surface area contributed by atoms with Crippen molar-refractivity contribution in [1.29, 1.82) is 0 Å². The normalized spacial score (nSPS) is 14.4. The predicted octanol–water partition coefficient (Wildman–Crippen LogP) is 1.93. The lowest BCUT2D eigenvalue weighted by atomic mass is 9.89. The molecule has 1 aromatic rings. The Labute approximate surface area is 128 Å². The molecule has 0 aromatic carbocycles. The highest BCUT2D eigenvalue weighted by atomic mass is 32.2. The highest BCUT2D eigenvalue weighted by Crippen LogP contribution is 2.22. The topological polar surface area (TPSA) is 86.9 Å². The predicted molar refractivity (Wildman–Crippen MR) is 84.6 cm³/mol. The van der Waals surface area contributed by atoms with E-state index < -0.39 is 10.0 Å². The first-order valence-corrected chi connectivity index (χ1v) is 8.84. The fraction of sp³-hybridized carbons (Fsp3) is 0.786. The second-order valence-electron chi connectivity index (χ2n) is 6.52. The first-order chi connectivity index (χ1) is 9.59. The maximum absolute atomic E-state index is 12.5. The number of aromatic amines is 1. The molecule has 0 saturated carbocycles. The van der Waals surface area contributed by atoms with Gasteiger partial charge in [0.2, 0.25) is 0 Å². The molecule has 6 nitrogen and oxygen atoms in total. The van der Waals surface area contributed by atoms with E-state index >= 15 is 0 Å². The maximum Gasteiger partial charge on any atom is 0.260 e. The third kappa shape index (κ3) is 4.79. The van der Waals surface area contributed by atoms with E-state index in [1.165, 1.54) is 0 Å². The van der Waals surface area contributed by atoms with Crippen LogP contribution in [0.5, 0.6) is 0 Å². The van der Waals surface area contributed by atoms with E-state index in [9.17, 15) is 8.42 Å². The van der Waals surface area contributed by atoms with Gasteiger partial charge in [-0.1, -0.05) is 27.7 Å². The Morgan fingerprint density at radius 2 is 1.95 bits per heavy atom. The molecule has 0 spiro atoms. The molecule has 7 heteroatoms. The van der Waals surface area contributed by atoms with Crippen molar-refractivity contribution in [3.05, 3.63) is 11.3 Å². The molecule has 1 rings (SSSR count). The van der Waals surface area contributed by atoms with Gasteiger partial charge in [0.05, 0.1) is 0 Å². The third-order valence-electron chi connectivity index (χ3n) is 3.65. The molecule has 0 bridgehead atoms. The van der Waals surface area contributed by atoms with E-state index in [1.807, 2.05) is 34.6 Å². The molecular weight excluding hydrogens is 288 g/mol. The summed E-state index contributed by atoms with van der Waals surface area (Å²) in [5.41, 5.74) is 1.33. The quantitative estimate of drug-likeness (QED) is 0.671. The van der Waals surface area contributed by atoms with Gasteiger partial charge in [0.15, 0.2) is 5.03 Å². The first kappa shape index (κ1) is 18.1. The average molecular weight is 316 g/mol. The number of rotatable bonds is 7. The molecule has 21 heavy (non-hydrogen) atoms. The lowest BCUT2D eigenvalue weighted by Crippen LogP contribution is -2.41. The van der Waals surface area contributed by atoms with Crippen LogP contribution in [0.2, 0.25) is 0 Å². The number of aryl methyl sites for hydroxylation is 1. The fourth-order valence-electron chi connectivity index (χ4n) is 1.72. The molecule has 0 radical (unpaired) electrons. The second-order valence-corrected chi connectivity index (χ2v) is 8.15. The van der Waals surface area contributed by atoms with Crippen LogP contribution in [-0.2, 0) is 16.6 Å². The van der Waals surface area contributed by atoms with Gasteiger partial charge in [0.1, 0.15) is 0 Å². The van der Waals surface area contributed by atoms with Gasteiger partial charge in [-0.2, -0.15) is 5.10 Å². The molecule has 1 aromatic heterocycles. The van der Waals surface area contributed by atoms with Crippen molar-refractivity contribution >= 4 is 10.0 Å². The number of hydrogen-bond acceptors (Lipinski definition) is 4. The molecule has 0 fully saturated rings. The zero-order valence-electron chi connectivity index (χ0n) is 13.9. The summed E-state index contributed by atoms with van der Waals surface area (Å²) >= 11 is 0. The third-order valence-corrected chi connectivity index (χ3v) is 5.16. The maximum atomic E-state index is 12.5. The smallest absolute Gasteiger partial charge is 0.260 e. The summed E-state index contributed by atoms with van der Waals surface area (Å²) in [6, 6.07) is -0.184. The van der Waals surface area contributed by atoms with Crippen molar-refractivity contribution < 1.29 is 8.42 Å². The summed E-state index contributed by atoms with van der Waals surface area (Å²) in [7, 11) is -3.62. The Morgan fingerprint density at radius 3 is 2.48 bits per heavy atom. The van der Waals surface area contributed by atoms with Crippen molar-refractivity contribution in [2.75, 3.05) is 6.54 Å². The van der Waals surface area contributed by atoms with Crippen LogP contribution in [0.15, 0.2) is 5.03 Å². The van der Waals surface area contributed by atoms with Crippen molar-refractivity contribution in [1.82, 2.24) is 20.2 Å². The lowest BCUT2D eigenvalue weighted by molar-refractivity contribution is 0.317. The van der Waals surface area contributed by atoms with E-state index in [0.717, 1.165) is 18.7 Å². The summed E-state index contributed by atoms with van der Waals surface area (Å²) < 4.78 is 27.8. The van der Waals surface area contributed by atoms with Crippen molar-refractivity contribution in [2.24, 2.45) is 5.41 Å². The van der Waals surface area contributed by atoms with Gasteiger partial charge >= 0.3 is 0 Å². The highest BCUT2D eigenvalue weighted by Gasteiger charge is 2.29. The first-order valence-electron chi connectivity index (χ1n) is 7.36. The zero-order valence-corrected chi connectivity index (χ0v) is 14.7. The molecular formula is C14H28N4O2S. The minimum atomic E-state index is -3.62. The molecule has 0 aliphatic rings. The van der Waals surface area contributed by atoms with Crippen LogP contribution in [-0.4, -0.2) is 31.2 Å². The van der Waals surface area contributed by atoms with Crippen LogP contribution in [0.3, 0.4) is 0 Å². The Kier molecular flexibility index (Phi) is 5.95. The second kappa shape index (κ2) is 6.89. The number of nitrogens with one attached hydrogen (secondary N) is 3. The molecule has 0 aliphatic carbocycles. The van der Waals surface area contributed by atoms with E-state index in [0.29, 0.717) is 12.1 Å². The minimum Gasteiger partial charge on any atom is -0.313 e. The monoisotopic (exact) mass is 316 g/mol. The zero-order chi connectivity index (χ0) is 16.3. The van der Waals surface area contributed by atoms with Gasteiger partial charge in [0.25, 0.3) is 10.0 Å². The number of sulfonamides is 1. The van der Waals surface area contributed by atoms with Crippen LogP contribution in [0, 0.1) is 12.3 Å². The van der Waals surface area contributed by atoms with Crippen molar-refractivity contribution in [2.45, 2.75) is 65.6 Å². The molecule has 0 saturated heterocycles. The molecule has 1 heterocycles. The Morgan fingerprint density at radius 1 is 1.33 bits per heavy atom. The minimum absolute atomic E-state index is 0.0969. The summed E-state index contributed by atoms with van der Waals surface area (Å²) in [6.45, 7) is 13.1. The van der Waals surface area contributed by atoms with Gasteiger partial charge in [0, 0.05) is 23.8 Å². The van der Waals surface area contributed by atoms with Crippen LogP contribution in [0.1, 0.15) is 52.3 Å². The van der Waals surface area contributed by atoms with Crippen LogP contribution in [0.25, 0.3) is 0 Å². The number of hydrogen-bond donors (Lipinski definition) is 3. The van der Waals surface area contributed by atoms with Crippen molar-refractivity contribution in [3.8, 4) is 0 Å². The lowest BCUT2D eigenvalue weighted by Gasteiger charge is -2.27. The fourth-order valence-corrected chi connectivity index (χ4v) is 3.36.